The molecule has 0 saturated carbocycles. The van der Waals surface area contributed by atoms with Crippen molar-refractivity contribution in [3.8, 4) is 0 Å². The SMILES string of the molecule is CC1C=C(c2cc3c(cn2)oc2ccccc23)C(Br)=CC1. The normalized spacial score (nSPS) is 18.9. The van der Waals surface area contributed by atoms with Gasteiger partial charge in [0.2, 0.25) is 0 Å². The zero-order valence-electron chi connectivity index (χ0n) is 11.6. The number of rotatable bonds is 1. The summed E-state index contributed by atoms with van der Waals surface area (Å²) in [4.78, 5) is 4.58. The molecule has 1 aliphatic rings. The fraction of sp³-hybridized carbons (Fsp3) is 0.167. The summed E-state index contributed by atoms with van der Waals surface area (Å²) < 4.78 is 6.96. The molecule has 1 unspecified atom stereocenters. The van der Waals surface area contributed by atoms with Crippen molar-refractivity contribution in [2.75, 3.05) is 0 Å². The van der Waals surface area contributed by atoms with Crippen LogP contribution in [-0.2, 0) is 0 Å². The molecule has 104 valence electrons. The molecule has 0 bridgehead atoms. The van der Waals surface area contributed by atoms with Gasteiger partial charge in [0, 0.05) is 20.8 Å². The average molecular weight is 340 g/mol. The topological polar surface area (TPSA) is 26.0 Å². The zero-order chi connectivity index (χ0) is 14.4. The van der Waals surface area contributed by atoms with E-state index in [-0.39, 0.29) is 0 Å². The number of hydrogen-bond acceptors (Lipinski definition) is 2. The quantitative estimate of drug-likeness (QED) is 0.569. The molecule has 21 heavy (non-hydrogen) atoms. The number of benzene rings is 1. The molecule has 2 nitrogen and oxygen atoms in total. The third-order valence-corrected chi connectivity index (χ3v) is 4.67. The highest BCUT2D eigenvalue weighted by molar-refractivity contribution is 9.12. The number of furan rings is 1. The average Bonchev–Trinajstić information content (AvgIpc) is 2.87. The van der Waals surface area contributed by atoms with Crippen LogP contribution >= 0.6 is 15.9 Å². The molecular weight excluding hydrogens is 326 g/mol. The molecule has 0 saturated heterocycles. The number of halogens is 1. The van der Waals surface area contributed by atoms with Crippen LogP contribution in [0, 0.1) is 5.92 Å². The van der Waals surface area contributed by atoms with Crippen molar-refractivity contribution >= 4 is 43.4 Å². The highest BCUT2D eigenvalue weighted by Gasteiger charge is 2.15. The predicted molar refractivity (Wildman–Crippen MR) is 90.3 cm³/mol. The summed E-state index contributed by atoms with van der Waals surface area (Å²) in [5, 5.41) is 2.26. The molecule has 0 aliphatic heterocycles. The molecule has 2 aromatic heterocycles. The van der Waals surface area contributed by atoms with E-state index in [1.807, 2.05) is 24.4 Å². The number of hydrogen-bond donors (Lipinski definition) is 0. The van der Waals surface area contributed by atoms with Gasteiger partial charge in [-0.15, -0.1) is 0 Å². The second-order valence-corrected chi connectivity index (χ2v) is 6.36. The maximum atomic E-state index is 5.83. The fourth-order valence-corrected chi connectivity index (χ4v) is 3.34. The predicted octanol–water partition coefficient (Wildman–Crippen LogP) is 5.68. The van der Waals surface area contributed by atoms with Crippen molar-refractivity contribution in [1.29, 1.82) is 0 Å². The number of nitrogens with zero attached hydrogens (tertiary/aromatic N) is 1. The van der Waals surface area contributed by atoms with Gasteiger partial charge in [-0.05, 0) is 24.5 Å². The van der Waals surface area contributed by atoms with Crippen LogP contribution in [0.1, 0.15) is 19.0 Å². The first-order valence-corrected chi connectivity index (χ1v) is 7.87. The lowest BCUT2D eigenvalue weighted by Gasteiger charge is -2.15. The summed E-state index contributed by atoms with van der Waals surface area (Å²) in [6, 6.07) is 10.2. The number of pyridine rings is 1. The van der Waals surface area contributed by atoms with Crippen LogP contribution in [0.4, 0.5) is 0 Å². The van der Waals surface area contributed by atoms with Gasteiger partial charge in [-0.25, -0.2) is 0 Å². The smallest absolute Gasteiger partial charge is 0.153 e. The van der Waals surface area contributed by atoms with Crippen LogP contribution in [0.15, 0.2) is 57.6 Å². The first kappa shape index (κ1) is 12.8. The third kappa shape index (κ3) is 2.12. The highest BCUT2D eigenvalue weighted by atomic mass is 79.9. The maximum Gasteiger partial charge on any atom is 0.153 e. The highest BCUT2D eigenvalue weighted by Crippen LogP contribution is 2.36. The van der Waals surface area contributed by atoms with Gasteiger partial charge in [0.05, 0.1) is 11.9 Å². The summed E-state index contributed by atoms with van der Waals surface area (Å²) in [5.41, 5.74) is 3.90. The van der Waals surface area contributed by atoms with Gasteiger partial charge in [-0.1, -0.05) is 53.2 Å². The van der Waals surface area contributed by atoms with Crippen LogP contribution in [0.25, 0.3) is 27.5 Å². The molecule has 3 aromatic rings. The Morgan fingerprint density at radius 3 is 2.95 bits per heavy atom. The molecule has 2 heterocycles. The zero-order valence-corrected chi connectivity index (χ0v) is 13.2. The Balaban J connectivity index is 1.94. The molecule has 0 fully saturated rings. The van der Waals surface area contributed by atoms with Crippen LogP contribution in [-0.4, -0.2) is 4.98 Å². The monoisotopic (exact) mass is 339 g/mol. The van der Waals surface area contributed by atoms with Crippen molar-refractivity contribution in [3.05, 3.63) is 58.9 Å². The fourth-order valence-electron chi connectivity index (χ4n) is 2.82. The van der Waals surface area contributed by atoms with Gasteiger partial charge in [0.1, 0.15) is 5.58 Å². The van der Waals surface area contributed by atoms with Crippen LogP contribution < -0.4 is 0 Å². The van der Waals surface area contributed by atoms with Gasteiger partial charge < -0.3 is 4.42 Å². The minimum atomic E-state index is 0.542. The van der Waals surface area contributed by atoms with Crippen LogP contribution in [0.2, 0.25) is 0 Å². The number of aromatic nitrogens is 1. The van der Waals surface area contributed by atoms with Crippen molar-refractivity contribution in [1.82, 2.24) is 4.98 Å². The van der Waals surface area contributed by atoms with E-state index >= 15 is 0 Å². The summed E-state index contributed by atoms with van der Waals surface area (Å²) in [5.74, 6) is 0.542. The molecule has 4 rings (SSSR count). The molecule has 0 radical (unpaired) electrons. The maximum absolute atomic E-state index is 5.83. The Bertz CT molecular complexity index is 904. The second kappa shape index (κ2) is 4.85. The van der Waals surface area contributed by atoms with E-state index in [2.05, 4.69) is 52.1 Å². The Hall–Kier alpha value is -1.87. The first-order valence-electron chi connectivity index (χ1n) is 7.08. The van der Waals surface area contributed by atoms with E-state index in [1.54, 1.807) is 0 Å². The third-order valence-electron chi connectivity index (χ3n) is 3.92. The minimum Gasteiger partial charge on any atom is -0.454 e. The lowest BCUT2D eigenvalue weighted by molar-refractivity contribution is 0.666. The van der Waals surface area contributed by atoms with Gasteiger partial charge >= 0.3 is 0 Å². The van der Waals surface area contributed by atoms with E-state index in [1.165, 1.54) is 5.57 Å². The molecular formula is C18H14BrNO. The van der Waals surface area contributed by atoms with Gasteiger partial charge in [0.15, 0.2) is 5.58 Å². The van der Waals surface area contributed by atoms with E-state index in [9.17, 15) is 0 Å². The lowest BCUT2D eigenvalue weighted by Crippen LogP contribution is -1.99. The number of fused-ring (bicyclic) bond motifs is 3. The van der Waals surface area contributed by atoms with Gasteiger partial charge in [0.25, 0.3) is 0 Å². The van der Waals surface area contributed by atoms with E-state index in [0.717, 1.165) is 38.5 Å². The lowest BCUT2D eigenvalue weighted by atomic mass is 9.95. The van der Waals surface area contributed by atoms with Crippen LogP contribution in [0.3, 0.4) is 0 Å². The standard InChI is InChI=1S/C18H14BrNO/c1-11-6-7-15(19)14(8-11)16-9-13-12-4-2-3-5-17(12)21-18(13)10-20-16/h2-5,7-11H,6H2,1H3. The number of allylic oxidation sites excluding steroid dienone is 4. The Morgan fingerprint density at radius 1 is 1.19 bits per heavy atom. The Labute approximate surface area is 131 Å². The summed E-state index contributed by atoms with van der Waals surface area (Å²) in [7, 11) is 0. The largest absolute Gasteiger partial charge is 0.454 e. The van der Waals surface area contributed by atoms with Crippen molar-refractivity contribution in [3.63, 3.8) is 0 Å². The molecule has 1 aliphatic carbocycles. The summed E-state index contributed by atoms with van der Waals surface area (Å²) in [6.45, 7) is 2.22. The molecule has 0 amide bonds. The van der Waals surface area contributed by atoms with E-state index < -0.39 is 0 Å². The molecule has 3 heteroatoms. The Morgan fingerprint density at radius 2 is 2.05 bits per heavy atom. The summed E-state index contributed by atoms with van der Waals surface area (Å²) in [6.07, 6.45) is 7.39. The van der Waals surface area contributed by atoms with Crippen molar-refractivity contribution in [2.45, 2.75) is 13.3 Å². The van der Waals surface area contributed by atoms with Crippen LogP contribution in [0.5, 0.6) is 0 Å². The molecule has 1 atom stereocenters. The van der Waals surface area contributed by atoms with Crippen molar-refractivity contribution < 1.29 is 4.42 Å². The van der Waals surface area contributed by atoms with Gasteiger partial charge in [-0.2, -0.15) is 0 Å². The molecule has 0 spiro atoms. The molecule has 1 aromatic carbocycles. The van der Waals surface area contributed by atoms with E-state index in [0.29, 0.717) is 5.92 Å². The van der Waals surface area contributed by atoms with Crippen molar-refractivity contribution in [2.24, 2.45) is 5.92 Å². The first-order chi connectivity index (χ1) is 10.2. The minimum absolute atomic E-state index is 0.542. The van der Waals surface area contributed by atoms with E-state index in [4.69, 9.17) is 4.42 Å². The molecule has 0 N–H and O–H groups in total. The number of para-hydroxylation sites is 1. The van der Waals surface area contributed by atoms with Gasteiger partial charge in [-0.3, -0.25) is 4.98 Å². The summed E-state index contributed by atoms with van der Waals surface area (Å²) >= 11 is 3.65. The Kier molecular flexibility index (Phi) is 2.96. The second-order valence-electron chi connectivity index (χ2n) is 5.51.